The Labute approximate surface area is 98.9 Å². The van der Waals surface area contributed by atoms with Gasteiger partial charge in [0.15, 0.2) is 0 Å². The van der Waals surface area contributed by atoms with Crippen molar-refractivity contribution in [1.29, 1.82) is 0 Å². The average molecular weight is 227 g/mol. The molecule has 0 bridgehead atoms. The van der Waals surface area contributed by atoms with E-state index in [0.29, 0.717) is 6.04 Å². The Morgan fingerprint density at radius 1 is 1.38 bits per heavy atom. The molecule has 0 aromatic carbocycles. The number of likely N-dealkylation sites (tertiary alicyclic amines) is 1. The Bertz CT molecular complexity index is 189. The van der Waals surface area contributed by atoms with Crippen molar-refractivity contribution in [3.8, 4) is 0 Å². The lowest BCUT2D eigenvalue weighted by atomic mass is 10.2. The highest BCUT2D eigenvalue weighted by molar-refractivity contribution is 4.74. The number of ether oxygens (including phenoxy) is 1. The first-order valence-electron chi connectivity index (χ1n) is 6.56. The molecule has 16 heavy (non-hydrogen) atoms. The number of likely N-dealkylation sites (N-methyl/N-ethyl adjacent to an activating group) is 1. The summed E-state index contributed by atoms with van der Waals surface area (Å²) in [6.45, 7) is 8.86. The van der Waals surface area contributed by atoms with Crippen molar-refractivity contribution in [1.82, 2.24) is 15.1 Å². The number of rotatable bonds is 5. The molecule has 0 radical (unpaired) electrons. The van der Waals surface area contributed by atoms with Crippen molar-refractivity contribution >= 4 is 0 Å². The number of nitrogens with zero attached hydrogens (tertiary/aromatic N) is 2. The van der Waals surface area contributed by atoms with Crippen molar-refractivity contribution in [3.63, 3.8) is 0 Å². The molecule has 1 unspecified atom stereocenters. The zero-order valence-corrected chi connectivity index (χ0v) is 10.5. The lowest BCUT2D eigenvalue weighted by Gasteiger charge is -2.29. The first-order valence-corrected chi connectivity index (χ1v) is 6.56. The van der Waals surface area contributed by atoms with Gasteiger partial charge in [0, 0.05) is 32.2 Å². The van der Waals surface area contributed by atoms with Crippen LogP contribution in [0.1, 0.15) is 12.8 Å². The van der Waals surface area contributed by atoms with Gasteiger partial charge < -0.3 is 19.9 Å². The monoisotopic (exact) mass is 227 g/mol. The van der Waals surface area contributed by atoms with Crippen molar-refractivity contribution < 1.29 is 4.74 Å². The summed E-state index contributed by atoms with van der Waals surface area (Å²) < 4.78 is 5.46. The molecule has 0 aromatic rings. The number of nitrogens with one attached hydrogen (secondary N) is 1. The van der Waals surface area contributed by atoms with Crippen LogP contribution in [0.25, 0.3) is 0 Å². The molecule has 1 atom stereocenters. The molecule has 4 heteroatoms. The summed E-state index contributed by atoms with van der Waals surface area (Å²) in [6.07, 6.45) is 2.78. The van der Waals surface area contributed by atoms with Crippen LogP contribution < -0.4 is 5.32 Å². The van der Waals surface area contributed by atoms with Gasteiger partial charge in [0.2, 0.25) is 0 Å². The van der Waals surface area contributed by atoms with E-state index in [9.17, 15) is 0 Å². The summed E-state index contributed by atoms with van der Waals surface area (Å²) in [5.74, 6) is 0. The molecule has 2 heterocycles. The normalized spacial score (nSPS) is 27.8. The van der Waals surface area contributed by atoms with E-state index in [4.69, 9.17) is 4.74 Å². The topological polar surface area (TPSA) is 27.7 Å². The van der Waals surface area contributed by atoms with Crippen LogP contribution in [0.3, 0.4) is 0 Å². The van der Waals surface area contributed by atoms with Gasteiger partial charge in [-0.3, -0.25) is 0 Å². The molecular formula is C12H25N3O. The molecule has 94 valence electrons. The molecule has 0 saturated carbocycles. The van der Waals surface area contributed by atoms with Gasteiger partial charge in [-0.25, -0.2) is 0 Å². The lowest BCUT2D eigenvalue weighted by Crippen LogP contribution is -2.48. The van der Waals surface area contributed by atoms with Crippen LogP contribution in [0.2, 0.25) is 0 Å². The smallest absolute Gasteiger partial charge is 0.0632 e. The van der Waals surface area contributed by atoms with Crippen molar-refractivity contribution in [2.75, 3.05) is 59.5 Å². The van der Waals surface area contributed by atoms with Gasteiger partial charge >= 0.3 is 0 Å². The number of hydrogen-bond donors (Lipinski definition) is 1. The van der Waals surface area contributed by atoms with Crippen molar-refractivity contribution in [2.24, 2.45) is 0 Å². The van der Waals surface area contributed by atoms with Crippen LogP contribution >= 0.6 is 0 Å². The quantitative estimate of drug-likeness (QED) is 0.716. The Morgan fingerprint density at radius 3 is 2.88 bits per heavy atom. The molecular weight excluding hydrogens is 202 g/mol. The van der Waals surface area contributed by atoms with Gasteiger partial charge in [-0.05, 0) is 33.0 Å². The minimum atomic E-state index is 0.525. The summed E-state index contributed by atoms with van der Waals surface area (Å²) in [4.78, 5) is 4.99. The minimum absolute atomic E-state index is 0.525. The molecule has 4 nitrogen and oxygen atoms in total. The van der Waals surface area contributed by atoms with E-state index in [1.807, 2.05) is 0 Å². The van der Waals surface area contributed by atoms with Crippen molar-refractivity contribution in [2.45, 2.75) is 18.9 Å². The van der Waals surface area contributed by atoms with E-state index >= 15 is 0 Å². The predicted octanol–water partition coefficient (Wildman–Crippen LogP) is 0.00240. The maximum absolute atomic E-state index is 5.46. The fourth-order valence-electron chi connectivity index (χ4n) is 2.52. The van der Waals surface area contributed by atoms with Gasteiger partial charge in [-0.2, -0.15) is 0 Å². The van der Waals surface area contributed by atoms with E-state index in [0.717, 1.165) is 26.3 Å². The van der Waals surface area contributed by atoms with Gasteiger partial charge in [0.1, 0.15) is 0 Å². The van der Waals surface area contributed by atoms with E-state index in [1.54, 1.807) is 0 Å². The Kier molecular flexibility index (Phi) is 5.03. The van der Waals surface area contributed by atoms with Gasteiger partial charge in [0.05, 0.1) is 13.2 Å². The van der Waals surface area contributed by atoms with Crippen LogP contribution in [-0.4, -0.2) is 75.4 Å². The summed E-state index contributed by atoms with van der Waals surface area (Å²) in [6, 6.07) is 0.525. The van der Waals surface area contributed by atoms with Gasteiger partial charge in [-0.1, -0.05) is 0 Å². The highest BCUT2D eigenvalue weighted by Crippen LogP contribution is 2.06. The highest BCUT2D eigenvalue weighted by atomic mass is 16.5. The summed E-state index contributed by atoms with van der Waals surface area (Å²) >= 11 is 0. The maximum atomic E-state index is 5.46. The SMILES string of the molecule is CN(CCN1CCCC1)CC1COCCN1. The third kappa shape index (κ3) is 4.01. The number of hydrogen-bond acceptors (Lipinski definition) is 4. The molecule has 2 fully saturated rings. The summed E-state index contributed by atoms with van der Waals surface area (Å²) in [7, 11) is 2.21. The van der Waals surface area contributed by atoms with Gasteiger partial charge in [0.25, 0.3) is 0 Å². The summed E-state index contributed by atoms with van der Waals surface area (Å²) in [5, 5.41) is 3.50. The first-order chi connectivity index (χ1) is 7.84. The highest BCUT2D eigenvalue weighted by Gasteiger charge is 2.16. The Hall–Kier alpha value is -0.160. The second kappa shape index (κ2) is 6.55. The second-order valence-electron chi connectivity index (χ2n) is 5.04. The van der Waals surface area contributed by atoms with Crippen molar-refractivity contribution in [3.05, 3.63) is 0 Å². The third-order valence-electron chi connectivity index (χ3n) is 3.53. The molecule has 2 saturated heterocycles. The average Bonchev–Trinajstić information content (AvgIpc) is 2.81. The predicted molar refractivity (Wildman–Crippen MR) is 65.8 cm³/mol. The van der Waals surface area contributed by atoms with Crippen LogP contribution in [0, 0.1) is 0 Å². The number of morpholine rings is 1. The van der Waals surface area contributed by atoms with Crippen LogP contribution in [0.15, 0.2) is 0 Å². The molecule has 1 N–H and O–H groups in total. The third-order valence-corrected chi connectivity index (χ3v) is 3.53. The van der Waals surface area contributed by atoms with E-state index in [2.05, 4.69) is 22.2 Å². The van der Waals surface area contributed by atoms with E-state index in [-0.39, 0.29) is 0 Å². The fraction of sp³-hybridized carbons (Fsp3) is 1.00. The maximum Gasteiger partial charge on any atom is 0.0632 e. The molecule has 0 aromatic heterocycles. The van der Waals surface area contributed by atoms with Crippen LogP contribution in [0.5, 0.6) is 0 Å². The first kappa shape index (κ1) is 12.3. The molecule has 2 rings (SSSR count). The standard InChI is InChI=1S/C12H25N3O/c1-14(7-8-15-5-2-3-6-15)10-12-11-16-9-4-13-12/h12-13H,2-11H2,1H3. The Morgan fingerprint density at radius 2 is 2.19 bits per heavy atom. The van der Waals surface area contributed by atoms with Crippen LogP contribution in [0.4, 0.5) is 0 Å². The van der Waals surface area contributed by atoms with Gasteiger partial charge in [-0.15, -0.1) is 0 Å². The van der Waals surface area contributed by atoms with E-state index in [1.165, 1.54) is 39.0 Å². The molecule has 2 aliphatic heterocycles. The molecule has 0 amide bonds. The Balaban J connectivity index is 1.57. The summed E-state index contributed by atoms with van der Waals surface area (Å²) in [5.41, 5.74) is 0. The largest absolute Gasteiger partial charge is 0.378 e. The minimum Gasteiger partial charge on any atom is -0.378 e. The second-order valence-corrected chi connectivity index (χ2v) is 5.04. The molecule has 0 aliphatic carbocycles. The molecule has 0 spiro atoms. The zero-order valence-electron chi connectivity index (χ0n) is 10.5. The zero-order chi connectivity index (χ0) is 11.2. The fourth-order valence-corrected chi connectivity index (χ4v) is 2.52. The molecule has 2 aliphatic rings. The lowest BCUT2D eigenvalue weighted by molar-refractivity contribution is 0.0643. The van der Waals surface area contributed by atoms with E-state index < -0.39 is 0 Å². The van der Waals surface area contributed by atoms with Crippen LogP contribution in [-0.2, 0) is 4.74 Å².